The van der Waals surface area contributed by atoms with Crippen LogP contribution in [0.5, 0.6) is 0 Å². The summed E-state index contributed by atoms with van der Waals surface area (Å²) < 4.78 is 10.7. The molecule has 1 saturated heterocycles. The number of carbonyl (C=O) groups excluding carboxylic acids is 1. The number of morpholine rings is 1. The fraction of sp³-hybridized carbons (Fsp3) is 0.550. The average Bonchev–Trinajstić information content (AvgIpc) is 3.09. The molecule has 2 heterocycles. The highest BCUT2D eigenvalue weighted by atomic mass is 16.5. The average molecular weight is 372 g/mol. The lowest BCUT2D eigenvalue weighted by molar-refractivity contribution is 0.0383. The quantitative estimate of drug-likeness (QED) is 0.839. The van der Waals surface area contributed by atoms with Gasteiger partial charge >= 0.3 is 0 Å². The van der Waals surface area contributed by atoms with Crippen molar-refractivity contribution in [3.63, 3.8) is 0 Å². The van der Waals surface area contributed by atoms with Crippen molar-refractivity contribution in [3.05, 3.63) is 35.7 Å². The number of nitrogens with zero attached hydrogens (tertiary/aromatic N) is 3. The normalized spacial score (nSPS) is 15.7. The van der Waals surface area contributed by atoms with E-state index < -0.39 is 0 Å². The molecule has 1 aliphatic heterocycles. The number of ether oxygens (including phenoxy) is 1. The third kappa shape index (κ3) is 5.87. The summed E-state index contributed by atoms with van der Waals surface area (Å²) in [6.45, 7) is 11.2. The van der Waals surface area contributed by atoms with Gasteiger partial charge in [0.05, 0.1) is 13.2 Å². The van der Waals surface area contributed by atoms with Crippen molar-refractivity contribution in [3.8, 4) is 11.4 Å². The van der Waals surface area contributed by atoms with Crippen molar-refractivity contribution >= 4 is 5.91 Å². The van der Waals surface area contributed by atoms with Gasteiger partial charge in [0.15, 0.2) is 0 Å². The van der Waals surface area contributed by atoms with Crippen LogP contribution in [0.2, 0.25) is 0 Å². The van der Waals surface area contributed by atoms with Crippen LogP contribution in [0.1, 0.15) is 37.0 Å². The van der Waals surface area contributed by atoms with Gasteiger partial charge in [0, 0.05) is 43.7 Å². The van der Waals surface area contributed by atoms with Crippen molar-refractivity contribution in [2.24, 2.45) is 5.41 Å². The number of amides is 1. The van der Waals surface area contributed by atoms with E-state index in [-0.39, 0.29) is 11.3 Å². The smallest absolute Gasteiger partial charge is 0.251 e. The van der Waals surface area contributed by atoms with Crippen LogP contribution >= 0.6 is 0 Å². The topological polar surface area (TPSA) is 80.5 Å². The minimum Gasteiger partial charge on any atom is -0.379 e. The molecular formula is C20H28N4O3. The van der Waals surface area contributed by atoms with Crippen LogP contribution in [0.25, 0.3) is 11.4 Å². The highest BCUT2D eigenvalue weighted by Crippen LogP contribution is 2.22. The van der Waals surface area contributed by atoms with E-state index in [9.17, 15) is 4.79 Å². The number of rotatable bonds is 6. The van der Waals surface area contributed by atoms with Gasteiger partial charge in [-0.1, -0.05) is 38.1 Å². The Morgan fingerprint density at radius 2 is 1.89 bits per heavy atom. The van der Waals surface area contributed by atoms with E-state index >= 15 is 0 Å². The molecule has 3 rings (SSSR count). The van der Waals surface area contributed by atoms with Crippen molar-refractivity contribution < 1.29 is 14.1 Å². The summed E-state index contributed by atoms with van der Waals surface area (Å²) in [6, 6.07) is 7.28. The van der Waals surface area contributed by atoms with Crippen LogP contribution in [-0.4, -0.2) is 60.3 Å². The summed E-state index contributed by atoms with van der Waals surface area (Å²) in [5, 5.41) is 7.01. The molecule has 0 atom stereocenters. The molecule has 1 aliphatic rings. The third-order valence-corrected chi connectivity index (χ3v) is 4.37. The van der Waals surface area contributed by atoms with Crippen molar-refractivity contribution in [1.29, 1.82) is 0 Å². The Bertz CT molecular complexity index is 743. The van der Waals surface area contributed by atoms with Crippen LogP contribution in [0.15, 0.2) is 28.8 Å². The molecule has 0 bridgehead atoms. The van der Waals surface area contributed by atoms with Gasteiger partial charge in [-0.05, 0) is 17.5 Å². The zero-order valence-corrected chi connectivity index (χ0v) is 16.3. The van der Waals surface area contributed by atoms with Gasteiger partial charge in [0.1, 0.15) is 0 Å². The molecule has 1 N–H and O–H groups in total. The maximum Gasteiger partial charge on any atom is 0.251 e. The standard InChI is InChI=1S/C20H28N4O3/c1-20(2,3)14-17-22-18(23-27-17)15-4-6-16(7-5-15)19(25)21-8-9-24-10-12-26-13-11-24/h4-7H,8-14H2,1-3H3,(H,21,25). The molecular weight excluding hydrogens is 344 g/mol. The van der Waals surface area contributed by atoms with Crippen LogP contribution in [-0.2, 0) is 11.2 Å². The predicted octanol–water partition coefficient (Wildman–Crippen LogP) is 2.39. The molecule has 27 heavy (non-hydrogen) atoms. The van der Waals surface area contributed by atoms with E-state index in [0.29, 0.717) is 23.8 Å². The maximum atomic E-state index is 12.3. The zero-order valence-electron chi connectivity index (χ0n) is 16.3. The van der Waals surface area contributed by atoms with Gasteiger partial charge in [-0.2, -0.15) is 4.98 Å². The Hall–Kier alpha value is -2.25. The molecule has 1 amide bonds. The summed E-state index contributed by atoms with van der Waals surface area (Å²) in [5.41, 5.74) is 1.55. The second-order valence-corrected chi connectivity index (χ2v) is 8.04. The van der Waals surface area contributed by atoms with Gasteiger partial charge < -0.3 is 14.6 Å². The second kappa shape index (κ2) is 8.63. The van der Waals surface area contributed by atoms with E-state index in [2.05, 4.69) is 41.1 Å². The first-order valence-electron chi connectivity index (χ1n) is 9.42. The lowest BCUT2D eigenvalue weighted by atomic mass is 9.92. The molecule has 0 saturated carbocycles. The van der Waals surface area contributed by atoms with Crippen molar-refractivity contribution in [2.75, 3.05) is 39.4 Å². The highest BCUT2D eigenvalue weighted by Gasteiger charge is 2.17. The van der Waals surface area contributed by atoms with Gasteiger partial charge in [-0.25, -0.2) is 0 Å². The summed E-state index contributed by atoms with van der Waals surface area (Å²) in [4.78, 5) is 19.0. The molecule has 0 aliphatic carbocycles. The number of carbonyl (C=O) groups is 1. The molecule has 1 fully saturated rings. The number of aromatic nitrogens is 2. The highest BCUT2D eigenvalue weighted by molar-refractivity contribution is 5.94. The molecule has 1 aromatic carbocycles. The summed E-state index contributed by atoms with van der Waals surface area (Å²) in [5.74, 6) is 1.10. The fourth-order valence-electron chi connectivity index (χ4n) is 2.92. The number of benzene rings is 1. The second-order valence-electron chi connectivity index (χ2n) is 8.04. The molecule has 0 unspecified atom stereocenters. The maximum absolute atomic E-state index is 12.3. The van der Waals surface area contributed by atoms with Crippen LogP contribution in [0.4, 0.5) is 0 Å². The van der Waals surface area contributed by atoms with Gasteiger partial charge in [-0.3, -0.25) is 9.69 Å². The van der Waals surface area contributed by atoms with Crippen LogP contribution in [0.3, 0.4) is 0 Å². The van der Waals surface area contributed by atoms with E-state index in [1.54, 1.807) is 12.1 Å². The number of nitrogens with one attached hydrogen (secondary N) is 1. The molecule has 2 aromatic rings. The molecule has 0 radical (unpaired) electrons. The van der Waals surface area contributed by atoms with Crippen LogP contribution < -0.4 is 5.32 Å². The molecule has 7 nitrogen and oxygen atoms in total. The van der Waals surface area contributed by atoms with Crippen molar-refractivity contribution in [2.45, 2.75) is 27.2 Å². The van der Waals surface area contributed by atoms with Gasteiger partial charge in [0.25, 0.3) is 5.91 Å². The Balaban J connectivity index is 1.52. The Morgan fingerprint density at radius 3 is 2.56 bits per heavy atom. The summed E-state index contributed by atoms with van der Waals surface area (Å²) >= 11 is 0. The lowest BCUT2D eigenvalue weighted by Gasteiger charge is -2.26. The minimum absolute atomic E-state index is 0.0728. The zero-order chi connectivity index (χ0) is 19.3. The van der Waals surface area contributed by atoms with E-state index in [1.165, 1.54) is 0 Å². The Labute approximate surface area is 160 Å². The largest absolute Gasteiger partial charge is 0.379 e. The predicted molar refractivity (Wildman–Crippen MR) is 102 cm³/mol. The fourth-order valence-corrected chi connectivity index (χ4v) is 2.92. The Kier molecular flexibility index (Phi) is 6.23. The molecule has 1 aromatic heterocycles. The molecule has 7 heteroatoms. The molecule has 0 spiro atoms. The minimum atomic E-state index is -0.0728. The van der Waals surface area contributed by atoms with E-state index in [4.69, 9.17) is 9.26 Å². The first-order chi connectivity index (χ1) is 12.9. The third-order valence-electron chi connectivity index (χ3n) is 4.37. The van der Waals surface area contributed by atoms with Gasteiger partial charge in [-0.15, -0.1) is 0 Å². The lowest BCUT2D eigenvalue weighted by Crippen LogP contribution is -2.41. The monoisotopic (exact) mass is 372 g/mol. The number of hydrogen-bond donors (Lipinski definition) is 1. The summed E-state index contributed by atoms with van der Waals surface area (Å²) in [7, 11) is 0. The first kappa shape index (κ1) is 19.5. The van der Waals surface area contributed by atoms with E-state index in [0.717, 1.165) is 44.8 Å². The Morgan fingerprint density at radius 1 is 1.19 bits per heavy atom. The van der Waals surface area contributed by atoms with Gasteiger partial charge in [0.2, 0.25) is 11.7 Å². The van der Waals surface area contributed by atoms with E-state index in [1.807, 2.05) is 12.1 Å². The SMILES string of the molecule is CC(C)(C)Cc1nc(-c2ccc(C(=O)NCCN3CCOCC3)cc2)no1. The molecule has 146 valence electrons. The van der Waals surface area contributed by atoms with Crippen LogP contribution in [0, 0.1) is 5.41 Å². The summed E-state index contributed by atoms with van der Waals surface area (Å²) in [6.07, 6.45) is 0.726. The van der Waals surface area contributed by atoms with Crippen molar-refractivity contribution in [1.82, 2.24) is 20.4 Å². The number of hydrogen-bond acceptors (Lipinski definition) is 6. The first-order valence-corrected chi connectivity index (χ1v) is 9.42.